The molecule has 3 rings (SSSR count). The van der Waals surface area contributed by atoms with Gasteiger partial charge in [0.2, 0.25) is 0 Å². The summed E-state index contributed by atoms with van der Waals surface area (Å²) in [6.45, 7) is 0. The maximum absolute atomic E-state index is 12.8. The minimum Gasteiger partial charge on any atom is -0.370 e. The number of imidazole rings is 1. The van der Waals surface area contributed by atoms with Crippen molar-refractivity contribution in [3.8, 4) is 11.3 Å². The van der Waals surface area contributed by atoms with E-state index < -0.39 is 11.7 Å². The second-order valence-electron chi connectivity index (χ2n) is 4.44. The van der Waals surface area contributed by atoms with Crippen LogP contribution in [0.1, 0.15) is 5.56 Å². The number of halogens is 3. The Morgan fingerprint density at radius 1 is 1.19 bits per heavy atom. The summed E-state index contributed by atoms with van der Waals surface area (Å²) < 4.78 is 40.1. The largest absolute Gasteiger partial charge is 0.416 e. The molecule has 0 saturated heterocycles. The van der Waals surface area contributed by atoms with E-state index in [4.69, 9.17) is 0 Å². The number of alkyl halides is 3. The fraction of sp³-hybridized carbons (Fsp3) is 0.143. The Kier molecular flexibility index (Phi) is 3.04. The highest BCUT2D eigenvalue weighted by molar-refractivity contribution is 5.70. The lowest BCUT2D eigenvalue weighted by Gasteiger charge is -2.09. The summed E-state index contributed by atoms with van der Waals surface area (Å²) in [4.78, 5) is 8.33. The first-order valence-corrected chi connectivity index (χ1v) is 6.18. The molecule has 0 amide bonds. The van der Waals surface area contributed by atoms with Crippen molar-refractivity contribution in [1.29, 1.82) is 0 Å². The lowest BCUT2D eigenvalue weighted by molar-refractivity contribution is -0.137. The second kappa shape index (κ2) is 4.76. The van der Waals surface area contributed by atoms with Crippen LogP contribution in [-0.4, -0.2) is 21.4 Å². The Bertz CT molecular complexity index is 792. The topological polar surface area (TPSA) is 42.2 Å². The van der Waals surface area contributed by atoms with Crippen molar-refractivity contribution in [3.63, 3.8) is 0 Å². The zero-order valence-corrected chi connectivity index (χ0v) is 11.0. The zero-order chi connectivity index (χ0) is 15.0. The van der Waals surface area contributed by atoms with Gasteiger partial charge in [-0.05, 0) is 12.1 Å². The highest BCUT2D eigenvalue weighted by atomic mass is 19.4. The van der Waals surface area contributed by atoms with E-state index in [1.165, 1.54) is 12.3 Å². The van der Waals surface area contributed by atoms with Crippen molar-refractivity contribution in [1.82, 2.24) is 14.4 Å². The van der Waals surface area contributed by atoms with Crippen LogP contribution in [0.5, 0.6) is 0 Å². The third-order valence-electron chi connectivity index (χ3n) is 3.15. The maximum Gasteiger partial charge on any atom is 0.416 e. The Morgan fingerprint density at radius 3 is 2.71 bits per heavy atom. The van der Waals surface area contributed by atoms with E-state index in [-0.39, 0.29) is 0 Å². The molecule has 0 aliphatic heterocycles. The molecular formula is C14H11F3N4. The van der Waals surface area contributed by atoms with Crippen LogP contribution in [0, 0.1) is 0 Å². The number of fused-ring (bicyclic) bond motifs is 1. The Morgan fingerprint density at radius 2 is 2.00 bits per heavy atom. The molecule has 4 nitrogen and oxygen atoms in total. The van der Waals surface area contributed by atoms with E-state index in [2.05, 4.69) is 15.3 Å². The SMILES string of the molecule is CNc1nccn2c(-c3cccc(C(F)(F)F)c3)cnc12. The summed E-state index contributed by atoms with van der Waals surface area (Å²) in [6.07, 6.45) is 0.401. The average Bonchev–Trinajstić information content (AvgIpc) is 2.90. The maximum atomic E-state index is 12.8. The standard InChI is InChI=1S/C14H11F3N4/c1-18-12-13-20-8-11(21(13)6-5-19-12)9-3-2-4-10(7-9)14(15,16)17/h2-8H,1H3,(H,18,19). The van der Waals surface area contributed by atoms with Crippen LogP contribution in [0.2, 0.25) is 0 Å². The summed E-state index contributed by atoms with van der Waals surface area (Å²) >= 11 is 0. The first kappa shape index (κ1) is 13.4. The van der Waals surface area contributed by atoms with Crippen LogP contribution in [-0.2, 0) is 6.18 Å². The van der Waals surface area contributed by atoms with Crippen molar-refractivity contribution >= 4 is 11.5 Å². The molecule has 3 aromatic rings. The van der Waals surface area contributed by atoms with Crippen molar-refractivity contribution in [3.05, 3.63) is 48.4 Å². The van der Waals surface area contributed by atoms with Crippen LogP contribution in [0.15, 0.2) is 42.9 Å². The average molecular weight is 292 g/mol. The van der Waals surface area contributed by atoms with Crippen LogP contribution in [0.4, 0.5) is 19.0 Å². The summed E-state index contributed by atoms with van der Waals surface area (Å²) in [6, 6.07) is 5.17. The minimum absolute atomic E-state index is 0.450. The molecule has 2 heterocycles. The molecule has 0 bridgehead atoms. The summed E-state index contributed by atoms with van der Waals surface area (Å²) in [5.41, 5.74) is 0.908. The molecule has 0 unspecified atom stereocenters. The van der Waals surface area contributed by atoms with Gasteiger partial charge in [0.15, 0.2) is 11.5 Å². The molecule has 1 aromatic carbocycles. The monoisotopic (exact) mass is 292 g/mol. The molecule has 7 heteroatoms. The van der Waals surface area contributed by atoms with Gasteiger partial charge in [-0.1, -0.05) is 12.1 Å². The van der Waals surface area contributed by atoms with Crippen molar-refractivity contribution in [2.24, 2.45) is 0 Å². The Hall–Kier alpha value is -2.57. The van der Waals surface area contributed by atoms with Crippen LogP contribution >= 0.6 is 0 Å². The smallest absolute Gasteiger partial charge is 0.370 e. The molecule has 0 aliphatic carbocycles. The zero-order valence-electron chi connectivity index (χ0n) is 11.0. The van der Waals surface area contributed by atoms with E-state index in [1.54, 1.807) is 29.9 Å². The fourth-order valence-electron chi connectivity index (χ4n) is 2.16. The van der Waals surface area contributed by atoms with Crippen LogP contribution in [0.3, 0.4) is 0 Å². The Labute approximate surface area is 118 Å². The highest BCUT2D eigenvalue weighted by Crippen LogP contribution is 2.32. The van der Waals surface area contributed by atoms with Gasteiger partial charge in [-0.15, -0.1) is 0 Å². The van der Waals surface area contributed by atoms with E-state index in [9.17, 15) is 13.2 Å². The molecule has 0 aliphatic rings. The number of aromatic nitrogens is 3. The number of hydrogen-bond donors (Lipinski definition) is 1. The number of hydrogen-bond acceptors (Lipinski definition) is 3. The molecule has 1 N–H and O–H groups in total. The van der Waals surface area contributed by atoms with E-state index in [1.807, 2.05) is 0 Å². The number of nitrogens with zero attached hydrogens (tertiary/aromatic N) is 3. The van der Waals surface area contributed by atoms with Gasteiger partial charge in [0, 0.05) is 25.0 Å². The van der Waals surface area contributed by atoms with Gasteiger partial charge in [0.1, 0.15) is 0 Å². The molecule has 0 spiro atoms. The fourth-order valence-corrected chi connectivity index (χ4v) is 2.16. The normalized spacial score (nSPS) is 11.8. The van der Waals surface area contributed by atoms with Gasteiger partial charge < -0.3 is 5.32 Å². The first-order chi connectivity index (χ1) is 10.0. The number of benzene rings is 1. The quantitative estimate of drug-likeness (QED) is 0.786. The van der Waals surface area contributed by atoms with Crippen molar-refractivity contribution in [2.75, 3.05) is 12.4 Å². The molecule has 0 atom stereocenters. The minimum atomic E-state index is -4.37. The Balaban J connectivity index is 2.18. The molecule has 0 radical (unpaired) electrons. The number of nitrogens with one attached hydrogen (secondary N) is 1. The van der Waals surface area contributed by atoms with Gasteiger partial charge in [0.25, 0.3) is 0 Å². The molecule has 2 aromatic heterocycles. The van der Waals surface area contributed by atoms with Gasteiger partial charge >= 0.3 is 6.18 Å². The lowest BCUT2D eigenvalue weighted by atomic mass is 10.1. The van der Waals surface area contributed by atoms with Crippen molar-refractivity contribution < 1.29 is 13.2 Å². The third-order valence-corrected chi connectivity index (χ3v) is 3.15. The van der Waals surface area contributed by atoms with Gasteiger partial charge in [-0.3, -0.25) is 4.40 Å². The van der Waals surface area contributed by atoms with Crippen molar-refractivity contribution in [2.45, 2.75) is 6.18 Å². The predicted molar refractivity (Wildman–Crippen MR) is 73.0 cm³/mol. The van der Waals surface area contributed by atoms with E-state index in [0.29, 0.717) is 22.7 Å². The highest BCUT2D eigenvalue weighted by Gasteiger charge is 2.30. The summed E-state index contributed by atoms with van der Waals surface area (Å²) in [7, 11) is 1.71. The number of rotatable bonds is 2. The first-order valence-electron chi connectivity index (χ1n) is 6.18. The molecule has 0 saturated carbocycles. The molecule has 108 valence electrons. The lowest BCUT2D eigenvalue weighted by Crippen LogP contribution is -2.04. The van der Waals surface area contributed by atoms with Crippen LogP contribution in [0.25, 0.3) is 16.9 Å². The molecule has 21 heavy (non-hydrogen) atoms. The van der Waals surface area contributed by atoms with Gasteiger partial charge in [-0.2, -0.15) is 13.2 Å². The molecular weight excluding hydrogens is 281 g/mol. The predicted octanol–water partition coefficient (Wildman–Crippen LogP) is 3.46. The second-order valence-corrected chi connectivity index (χ2v) is 4.44. The van der Waals surface area contributed by atoms with Gasteiger partial charge in [0.05, 0.1) is 17.5 Å². The molecule has 0 fully saturated rings. The third kappa shape index (κ3) is 2.31. The van der Waals surface area contributed by atoms with E-state index in [0.717, 1.165) is 12.1 Å². The van der Waals surface area contributed by atoms with E-state index >= 15 is 0 Å². The summed E-state index contributed by atoms with van der Waals surface area (Å²) in [5.74, 6) is 0.565. The van der Waals surface area contributed by atoms with Gasteiger partial charge in [-0.25, -0.2) is 9.97 Å². The van der Waals surface area contributed by atoms with Crippen LogP contribution < -0.4 is 5.32 Å². The number of anilines is 1. The summed E-state index contributed by atoms with van der Waals surface area (Å²) in [5, 5.41) is 2.90.